The summed E-state index contributed by atoms with van der Waals surface area (Å²) in [5.74, 6) is -0.583. The Labute approximate surface area is 140 Å². The molecule has 0 aliphatic carbocycles. The Kier molecular flexibility index (Phi) is 7.37. The minimum atomic E-state index is -4.74. The predicted molar refractivity (Wildman–Crippen MR) is 84.3 cm³/mol. The molecule has 23 heavy (non-hydrogen) atoms. The van der Waals surface area contributed by atoms with Crippen molar-refractivity contribution in [3.8, 4) is 5.75 Å². The standard InChI is InChI=1S/C15H21F3N2O2.ClH/c1-14(2,3)12(19)13(21)20(4)9-10-6-5-7-11(8-10)22-15(16,17)18;/h5-8,12H,9,19H2,1-4H3;1H/t12-;/m1./s1. The topological polar surface area (TPSA) is 55.6 Å². The molecular formula is C15H22ClF3N2O2. The zero-order valence-electron chi connectivity index (χ0n) is 13.5. The van der Waals surface area contributed by atoms with Gasteiger partial charge in [-0.2, -0.15) is 0 Å². The number of alkyl halides is 3. The summed E-state index contributed by atoms with van der Waals surface area (Å²) < 4.78 is 40.5. The summed E-state index contributed by atoms with van der Waals surface area (Å²) in [5.41, 5.74) is 6.03. The molecule has 0 radical (unpaired) electrons. The number of amides is 1. The molecule has 0 aliphatic heterocycles. The molecule has 0 spiro atoms. The quantitative estimate of drug-likeness (QED) is 0.902. The third kappa shape index (κ3) is 7.09. The smallest absolute Gasteiger partial charge is 0.406 e. The lowest BCUT2D eigenvalue weighted by molar-refractivity contribution is -0.274. The summed E-state index contributed by atoms with van der Waals surface area (Å²) in [6, 6.07) is 4.83. The van der Waals surface area contributed by atoms with Gasteiger partial charge in [-0.05, 0) is 23.1 Å². The summed E-state index contributed by atoms with van der Waals surface area (Å²) in [6.07, 6.45) is -4.74. The highest BCUT2D eigenvalue weighted by atomic mass is 35.5. The molecule has 1 atom stereocenters. The third-order valence-corrected chi connectivity index (χ3v) is 3.13. The number of halogens is 4. The van der Waals surface area contributed by atoms with Gasteiger partial charge in [0.2, 0.25) is 5.91 Å². The summed E-state index contributed by atoms with van der Waals surface area (Å²) in [4.78, 5) is 13.6. The zero-order valence-corrected chi connectivity index (χ0v) is 14.3. The SMILES string of the molecule is CN(Cc1cccc(OC(F)(F)F)c1)C(=O)[C@@H](N)C(C)(C)C.Cl. The average molecular weight is 355 g/mol. The van der Waals surface area contributed by atoms with Crippen molar-refractivity contribution >= 4 is 18.3 Å². The van der Waals surface area contributed by atoms with Gasteiger partial charge < -0.3 is 15.4 Å². The third-order valence-electron chi connectivity index (χ3n) is 3.13. The number of carbonyl (C=O) groups excluding carboxylic acids is 1. The average Bonchev–Trinajstić information content (AvgIpc) is 2.34. The maximum Gasteiger partial charge on any atom is 0.573 e. The van der Waals surface area contributed by atoms with Crippen molar-refractivity contribution in [2.75, 3.05) is 7.05 Å². The highest BCUT2D eigenvalue weighted by molar-refractivity contribution is 5.85. The lowest BCUT2D eigenvalue weighted by Crippen LogP contribution is -2.48. The van der Waals surface area contributed by atoms with Gasteiger partial charge in [-0.3, -0.25) is 4.79 Å². The summed E-state index contributed by atoms with van der Waals surface area (Å²) in [6.45, 7) is 5.70. The molecule has 1 amide bonds. The first-order valence-electron chi connectivity index (χ1n) is 6.75. The molecule has 132 valence electrons. The molecule has 0 heterocycles. The lowest BCUT2D eigenvalue weighted by atomic mass is 9.86. The van der Waals surface area contributed by atoms with Crippen molar-refractivity contribution in [2.45, 2.75) is 39.7 Å². The van der Waals surface area contributed by atoms with E-state index < -0.39 is 17.8 Å². The van der Waals surface area contributed by atoms with Gasteiger partial charge in [0.25, 0.3) is 0 Å². The Morgan fingerprint density at radius 1 is 1.30 bits per heavy atom. The van der Waals surface area contributed by atoms with E-state index in [0.29, 0.717) is 5.56 Å². The number of hydrogen-bond acceptors (Lipinski definition) is 3. The predicted octanol–water partition coefficient (Wildman–Crippen LogP) is 3.34. The molecule has 8 heteroatoms. The molecule has 4 nitrogen and oxygen atoms in total. The zero-order chi connectivity index (χ0) is 17.1. The van der Waals surface area contributed by atoms with E-state index in [2.05, 4.69) is 4.74 Å². The number of benzene rings is 1. The summed E-state index contributed by atoms with van der Waals surface area (Å²) in [7, 11) is 1.56. The second kappa shape index (κ2) is 7.88. The normalized spacial score (nSPS) is 13.0. The highest BCUT2D eigenvalue weighted by Crippen LogP contribution is 2.24. The van der Waals surface area contributed by atoms with Gasteiger partial charge >= 0.3 is 6.36 Å². The van der Waals surface area contributed by atoms with E-state index >= 15 is 0 Å². The van der Waals surface area contributed by atoms with Crippen LogP contribution < -0.4 is 10.5 Å². The van der Waals surface area contributed by atoms with Crippen LogP contribution in [0.3, 0.4) is 0 Å². The van der Waals surface area contributed by atoms with Crippen LogP contribution in [0.1, 0.15) is 26.3 Å². The van der Waals surface area contributed by atoms with Gasteiger partial charge in [0.05, 0.1) is 6.04 Å². The fraction of sp³-hybridized carbons (Fsp3) is 0.533. The molecule has 1 aromatic rings. The summed E-state index contributed by atoms with van der Waals surface area (Å²) in [5, 5.41) is 0. The van der Waals surface area contributed by atoms with Crippen molar-refractivity contribution in [3.63, 3.8) is 0 Å². The van der Waals surface area contributed by atoms with Crippen LogP contribution in [-0.2, 0) is 11.3 Å². The fourth-order valence-electron chi connectivity index (χ4n) is 1.80. The van der Waals surface area contributed by atoms with Crippen LogP contribution in [0, 0.1) is 5.41 Å². The van der Waals surface area contributed by atoms with Gasteiger partial charge in [-0.1, -0.05) is 32.9 Å². The highest BCUT2D eigenvalue weighted by Gasteiger charge is 2.31. The number of nitrogens with zero attached hydrogens (tertiary/aromatic N) is 1. The molecule has 1 aromatic carbocycles. The molecule has 0 bridgehead atoms. The van der Waals surface area contributed by atoms with Crippen molar-refractivity contribution in [2.24, 2.45) is 11.1 Å². The maximum atomic E-state index is 12.2. The lowest BCUT2D eigenvalue weighted by Gasteiger charge is -2.30. The fourth-order valence-corrected chi connectivity index (χ4v) is 1.80. The molecule has 0 aromatic heterocycles. The van der Waals surface area contributed by atoms with E-state index in [1.54, 1.807) is 13.1 Å². The molecule has 2 N–H and O–H groups in total. The van der Waals surface area contributed by atoms with Crippen LogP contribution in [0.5, 0.6) is 5.75 Å². The minimum Gasteiger partial charge on any atom is -0.406 e. The number of rotatable bonds is 4. The van der Waals surface area contributed by atoms with Crippen molar-refractivity contribution in [1.29, 1.82) is 0 Å². The monoisotopic (exact) mass is 354 g/mol. The first-order chi connectivity index (χ1) is 9.90. The largest absolute Gasteiger partial charge is 0.573 e. The van der Waals surface area contributed by atoms with Crippen LogP contribution in [0.2, 0.25) is 0 Å². The number of carbonyl (C=O) groups is 1. The molecule has 0 aliphatic rings. The van der Waals surface area contributed by atoms with Gasteiger partial charge in [0.15, 0.2) is 0 Å². The van der Waals surface area contributed by atoms with E-state index in [0.717, 1.165) is 0 Å². The van der Waals surface area contributed by atoms with Crippen LogP contribution in [0.25, 0.3) is 0 Å². The maximum absolute atomic E-state index is 12.2. The van der Waals surface area contributed by atoms with Crippen LogP contribution >= 0.6 is 12.4 Å². The van der Waals surface area contributed by atoms with E-state index in [9.17, 15) is 18.0 Å². The molecule has 0 saturated carbocycles. The molecule has 0 saturated heterocycles. The van der Waals surface area contributed by atoms with E-state index in [-0.39, 0.29) is 30.6 Å². The van der Waals surface area contributed by atoms with Crippen LogP contribution in [0.4, 0.5) is 13.2 Å². The Morgan fingerprint density at radius 2 is 1.87 bits per heavy atom. The van der Waals surface area contributed by atoms with Crippen molar-refractivity contribution < 1.29 is 22.7 Å². The number of nitrogens with two attached hydrogens (primary N) is 1. The number of ether oxygens (including phenoxy) is 1. The van der Waals surface area contributed by atoms with Gasteiger partial charge in [0.1, 0.15) is 5.75 Å². The molecule has 1 rings (SSSR count). The first-order valence-corrected chi connectivity index (χ1v) is 6.75. The Bertz CT molecular complexity index is 530. The van der Waals surface area contributed by atoms with Gasteiger partial charge in [-0.15, -0.1) is 25.6 Å². The number of hydrogen-bond donors (Lipinski definition) is 1. The minimum absolute atomic E-state index is 0. The second-order valence-electron chi connectivity index (χ2n) is 6.23. The van der Waals surface area contributed by atoms with Crippen LogP contribution in [-0.4, -0.2) is 30.3 Å². The van der Waals surface area contributed by atoms with Gasteiger partial charge in [0, 0.05) is 13.6 Å². The first kappa shape index (κ1) is 21.5. The molecule has 0 fully saturated rings. The summed E-state index contributed by atoms with van der Waals surface area (Å²) >= 11 is 0. The van der Waals surface area contributed by atoms with E-state index in [1.165, 1.54) is 23.1 Å². The van der Waals surface area contributed by atoms with Crippen molar-refractivity contribution in [3.05, 3.63) is 29.8 Å². The number of likely N-dealkylation sites (N-methyl/N-ethyl adjacent to an activating group) is 1. The Balaban J connectivity index is 0.00000484. The van der Waals surface area contributed by atoms with E-state index in [1.807, 2.05) is 20.8 Å². The molecular weight excluding hydrogens is 333 g/mol. The van der Waals surface area contributed by atoms with Crippen molar-refractivity contribution in [1.82, 2.24) is 4.90 Å². The second-order valence-corrected chi connectivity index (χ2v) is 6.23. The Hall–Kier alpha value is -1.47. The van der Waals surface area contributed by atoms with E-state index in [4.69, 9.17) is 5.73 Å². The van der Waals surface area contributed by atoms with Crippen LogP contribution in [0.15, 0.2) is 24.3 Å². The molecule has 0 unspecified atom stereocenters. The van der Waals surface area contributed by atoms with Gasteiger partial charge in [-0.25, -0.2) is 0 Å². The Morgan fingerprint density at radius 3 is 2.35 bits per heavy atom.